The molecule has 2 bridgehead atoms. The standard InChI is InChI=1S/C21H25N3.ClH/c1-2-11-23-16-12-17-8-9-18(13-16)24(17)21-10-7-15(14-22)19-5-3-4-6-20(19)21;/h3-7,10,16-18,23H,2,8-9,11-13H2,1H3;1H. The van der Waals surface area contributed by atoms with Crippen molar-refractivity contribution in [2.24, 2.45) is 0 Å². The smallest absolute Gasteiger partial charge is 0.0998 e. The van der Waals surface area contributed by atoms with Crippen LogP contribution in [-0.2, 0) is 0 Å². The third kappa shape index (κ3) is 3.21. The fourth-order valence-electron chi connectivity index (χ4n) is 4.69. The van der Waals surface area contributed by atoms with Gasteiger partial charge in [-0.1, -0.05) is 31.2 Å². The Hall–Kier alpha value is -1.76. The summed E-state index contributed by atoms with van der Waals surface area (Å²) < 4.78 is 0. The van der Waals surface area contributed by atoms with Gasteiger partial charge in [0.25, 0.3) is 0 Å². The van der Waals surface area contributed by atoms with Gasteiger partial charge < -0.3 is 10.2 Å². The van der Waals surface area contributed by atoms with Gasteiger partial charge in [-0.25, -0.2) is 0 Å². The molecule has 4 rings (SSSR count). The number of hydrogen-bond acceptors (Lipinski definition) is 3. The van der Waals surface area contributed by atoms with E-state index in [1.54, 1.807) is 0 Å². The highest BCUT2D eigenvalue weighted by Crippen LogP contribution is 2.42. The molecule has 25 heavy (non-hydrogen) atoms. The van der Waals surface area contributed by atoms with E-state index in [4.69, 9.17) is 0 Å². The van der Waals surface area contributed by atoms with Gasteiger partial charge >= 0.3 is 0 Å². The molecule has 132 valence electrons. The van der Waals surface area contributed by atoms with Gasteiger partial charge in [-0.15, -0.1) is 12.4 Å². The van der Waals surface area contributed by atoms with Crippen molar-refractivity contribution < 1.29 is 0 Å². The molecule has 2 unspecified atom stereocenters. The van der Waals surface area contributed by atoms with E-state index in [-0.39, 0.29) is 12.4 Å². The van der Waals surface area contributed by atoms with Crippen molar-refractivity contribution in [3.8, 4) is 6.07 Å². The zero-order valence-electron chi connectivity index (χ0n) is 14.7. The summed E-state index contributed by atoms with van der Waals surface area (Å²) in [6, 6.07) is 16.8. The van der Waals surface area contributed by atoms with Crippen LogP contribution in [0.1, 0.15) is 44.6 Å². The van der Waals surface area contributed by atoms with Crippen LogP contribution in [0.2, 0.25) is 0 Å². The van der Waals surface area contributed by atoms with Crippen LogP contribution in [0.15, 0.2) is 36.4 Å². The number of anilines is 1. The third-order valence-electron chi connectivity index (χ3n) is 5.72. The summed E-state index contributed by atoms with van der Waals surface area (Å²) in [6.07, 6.45) is 6.28. The number of piperidine rings is 1. The van der Waals surface area contributed by atoms with E-state index in [1.165, 1.54) is 43.2 Å². The van der Waals surface area contributed by atoms with Gasteiger partial charge in [-0.2, -0.15) is 5.26 Å². The van der Waals surface area contributed by atoms with Crippen LogP contribution in [0.3, 0.4) is 0 Å². The number of rotatable bonds is 4. The van der Waals surface area contributed by atoms with Crippen molar-refractivity contribution in [3.05, 3.63) is 42.0 Å². The van der Waals surface area contributed by atoms with E-state index < -0.39 is 0 Å². The minimum absolute atomic E-state index is 0. The van der Waals surface area contributed by atoms with Crippen LogP contribution in [-0.4, -0.2) is 24.7 Å². The first-order chi connectivity index (χ1) is 11.8. The summed E-state index contributed by atoms with van der Waals surface area (Å²) in [7, 11) is 0. The van der Waals surface area contributed by atoms with E-state index in [2.05, 4.69) is 47.5 Å². The Morgan fingerprint density at radius 1 is 1.08 bits per heavy atom. The van der Waals surface area contributed by atoms with Gasteiger partial charge in [-0.05, 0) is 50.8 Å². The first-order valence-corrected chi connectivity index (χ1v) is 9.25. The SMILES string of the molecule is CCCNC1CC2CCC(C1)N2c1ccc(C#N)c2ccccc12.Cl. The van der Waals surface area contributed by atoms with E-state index in [0.29, 0.717) is 18.1 Å². The maximum absolute atomic E-state index is 9.40. The molecular formula is C21H26ClN3. The summed E-state index contributed by atoms with van der Waals surface area (Å²) in [4.78, 5) is 2.66. The zero-order valence-corrected chi connectivity index (χ0v) is 15.6. The topological polar surface area (TPSA) is 39.1 Å². The largest absolute Gasteiger partial charge is 0.365 e. The first-order valence-electron chi connectivity index (χ1n) is 9.25. The highest BCUT2D eigenvalue weighted by molar-refractivity contribution is 5.98. The van der Waals surface area contributed by atoms with E-state index in [1.807, 2.05) is 12.1 Å². The second-order valence-electron chi connectivity index (χ2n) is 7.20. The van der Waals surface area contributed by atoms with Crippen molar-refractivity contribution in [2.75, 3.05) is 11.4 Å². The quantitative estimate of drug-likeness (QED) is 0.868. The lowest BCUT2D eigenvalue weighted by Gasteiger charge is -2.41. The molecule has 0 amide bonds. The van der Waals surface area contributed by atoms with Crippen LogP contribution < -0.4 is 10.2 Å². The molecule has 4 heteroatoms. The Balaban J connectivity index is 0.00000182. The number of halogens is 1. The molecule has 2 aliphatic rings. The molecule has 2 fully saturated rings. The Morgan fingerprint density at radius 2 is 1.76 bits per heavy atom. The summed E-state index contributed by atoms with van der Waals surface area (Å²) in [5.74, 6) is 0. The van der Waals surface area contributed by atoms with Crippen molar-refractivity contribution in [2.45, 2.75) is 57.2 Å². The minimum atomic E-state index is 0. The first kappa shape index (κ1) is 18.0. The van der Waals surface area contributed by atoms with Gasteiger partial charge in [0.2, 0.25) is 0 Å². The molecule has 0 spiro atoms. The van der Waals surface area contributed by atoms with Crippen molar-refractivity contribution in [1.82, 2.24) is 5.32 Å². The summed E-state index contributed by atoms with van der Waals surface area (Å²) in [5, 5.41) is 15.4. The Labute approximate surface area is 156 Å². The van der Waals surface area contributed by atoms with Crippen LogP contribution in [0, 0.1) is 11.3 Å². The van der Waals surface area contributed by atoms with E-state index in [9.17, 15) is 5.26 Å². The average Bonchev–Trinajstić information content (AvgIpc) is 2.88. The van der Waals surface area contributed by atoms with E-state index in [0.717, 1.165) is 17.5 Å². The van der Waals surface area contributed by atoms with Gasteiger partial charge in [0.15, 0.2) is 0 Å². The number of fused-ring (bicyclic) bond motifs is 3. The predicted molar refractivity (Wildman–Crippen MR) is 107 cm³/mol. The van der Waals surface area contributed by atoms with Crippen LogP contribution in [0.5, 0.6) is 0 Å². The fraction of sp³-hybridized carbons (Fsp3) is 0.476. The molecule has 0 saturated carbocycles. The second-order valence-corrected chi connectivity index (χ2v) is 7.20. The number of benzene rings is 2. The molecule has 2 aromatic rings. The zero-order chi connectivity index (χ0) is 16.5. The maximum Gasteiger partial charge on any atom is 0.0998 e. The summed E-state index contributed by atoms with van der Waals surface area (Å²) in [5.41, 5.74) is 2.10. The van der Waals surface area contributed by atoms with Crippen LogP contribution in [0.4, 0.5) is 5.69 Å². The summed E-state index contributed by atoms with van der Waals surface area (Å²) in [6.45, 7) is 3.36. The Kier molecular flexibility index (Phi) is 5.51. The molecule has 0 aromatic heterocycles. The molecule has 2 atom stereocenters. The number of nitrogens with zero attached hydrogens (tertiary/aromatic N) is 2. The Morgan fingerprint density at radius 3 is 2.40 bits per heavy atom. The maximum atomic E-state index is 9.40. The average molecular weight is 356 g/mol. The summed E-state index contributed by atoms with van der Waals surface area (Å²) >= 11 is 0. The molecule has 2 saturated heterocycles. The molecule has 1 N–H and O–H groups in total. The third-order valence-corrected chi connectivity index (χ3v) is 5.72. The van der Waals surface area contributed by atoms with Gasteiger partial charge in [0.05, 0.1) is 11.6 Å². The highest BCUT2D eigenvalue weighted by atomic mass is 35.5. The van der Waals surface area contributed by atoms with Crippen molar-refractivity contribution in [3.63, 3.8) is 0 Å². The van der Waals surface area contributed by atoms with Crippen molar-refractivity contribution >= 4 is 28.9 Å². The fourth-order valence-corrected chi connectivity index (χ4v) is 4.69. The number of hydrogen-bond donors (Lipinski definition) is 1. The Bertz CT molecular complexity index is 768. The molecule has 0 aliphatic carbocycles. The normalized spacial score (nSPS) is 24.8. The lowest BCUT2D eigenvalue weighted by atomic mass is 9.94. The lowest BCUT2D eigenvalue weighted by molar-refractivity contribution is 0.357. The molecule has 3 nitrogen and oxygen atoms in total. The minimum Gasteiger partial charge on any atom is -0.365 e. The van der Waals surface area contributed by atoms with Crippen LogP contribution >= 0.6 is 12.4 Å². The number of nitrogens with one attached hydrogen (secondary N) is 1. The highest BCUT2D eigenvalue weighted by Gasteiger charge is 2.41. The van der Waals surface area contributed by atoms with Gasteiger partial charge in [0, 0.05) is 34.6 Å². The predicted octanol–water partition coefficient (Wildman–Crippen LogP) is 4.63. The molecule has 0 radical (unpaired) electrons. The molecular weight excluding hydrogens is 330 g/mol. The number of nitriles is 1. The molecule has 2 aliphatic heterocycles. The molecule has 2 aromatic carbocycles. The van der Waals surface area contributed by atoms with Gasteiger partial charge in [-0.3, -0.25) is 0 Å². The van der Waals surface area contributed by atoms with E-state index >= 15 is 0 Å². The van der Waals surface area contributed by atoms with Crippen LogP contribution in [0.25, 0.3) is 10.8 Å². The monoisotopic (exact) mass is 355 g/mol. The van der Waals surface area contributed by atoms with Crippen molar-refractivity contribution in [1.29, 1.82) is 5.26 Å². The lowest BCUT2D eigenvalue weighted by Crippen LogP contribution is -2.49. The molecule has 2 heterocycles. The second kappa shape index (κ2) is 7.64. The van der Waals surface area contributed by atoms with Gasteiger partial charge in [0.1, 0.15) is 0 Å².